The van der Waals surface area contributed by atoms with Crippen LogP contribution >= 0.6 is 77.6 Å². The van der Waals surface area contributed by atoms with Crippen LogP contribution in [0.4, 0.5) is 0 Å². The van der Waals surface area contributed by atoms with Gasteiger partial charge in [0, 0.05) is 28.9 Å². The second kappa shape index (κ2) is 48.5. The van der Waals surface area contributed by atoms with Crippen LogP contribution in [-0.2, 0) is 15.9 Å². The molecule has 110 heavy (non-hydrogen) atoms. The first-order chi connectivity index (χ1) is 54.0. The summed E-state index contributed by atoms with van der Waals surface area (Å²) in [6.07, 6.45) is 11.6. The van der Waals surface area contributed by atoms with Gasteiger partial charge in [-0.2, -0.15) is 0 Å². The Bertz CT molecular complexity index is 4490. The van der Waals surface area contributed by atoms with E-state index in [0.29, 0.717) is 26.5 Å². The molecule has 0 saturated heterocycles. The fourth-order valence-electron chi connectivity index (χ4n) is 12.5. The predicted molar refractivity (Wildman–Crippen MR) is 483 cm³/mol. The molecule has 0 spiro atoms. The second-order valence-electron chi connectivity index (χ2n) is 25.7. The van der Waals surface area contributed by atoms with E-state index in [1.54, 1.807) is 22.2 Å². The van der Waals surface area contributed by atoms with E-state index in [0.717, 1.165) is 27.9 Å². The van der Waals surface area contributed by atoms with E-state index < -0.39 is 42.1 Å². The Balaban J connectivity index is 0.000000151. The molecule has 0 amide bonds. The molecule has 0 aliphatic carbocycles. The van der Waals surface area contributed by atoms with Crippen LogP contribution in [0.15, 0.2) is 358 Å². The fourth-order valence-corrected chi connectivity index (χ4v) is 35.8. The SMILES string of the molecule is CCC[CH2][Sn]([CH2]CCC)([CH2]CCC)[c]1cccc(C)n1.Cc1cccc(-c2cc(Cl)c3cccnc3n2)n1.Clc1cc(Cl)c2cccnc2n1.[Cl][Pd][Cl].c1ccc(P(c2ccccc2)c2ccccc2)cc1.c1ccc(P(c2ccccc2)c2ccccc2)cc1.c1ccc(P(c2ccccc2)c2ccccc2)cc1. The van der Waals surface area contributed by atoms with E-state index >= 15 is 0 Å². The van der Waals surface area contributed by atoms with Gasteiger partial charge >= 0.3 is 165 Å². The molecule has 6 aromatic heterocycles. The first-order valence-electron chi connectivity index (χ1n) is 37.0. The zero-order valence-corrected chi connectivity index (χ0v) is 73.5. The van der Waals surface area contributed by atoms with E-state index in [1.165, 1.54) is 105 Å². The van der Waals surface area contributed by atoms with Crippen molar-refractivity contribution in [1.82, 2.24) is 29.9 Å². The molecule has 0 fully saturated rings. The van der Waals surface area contributed by atoms with Crippen LogP contribution in [0.3, 0.4) is 0 Å². The summed E-state index contributed by atoms with van der Waals surface area (Å²) < 4.78 is 6.11. The van der Waals surface area contributed by atoms with Crippen molar-refractivity contribution in [2.45, 2.75) is 86.5 Å². The third-order valence-electron chi connectivity index (χ3n) is 17.8. The molecule has 0 bridgehead atoms. The number of fused-ring (bicyclic) bond motifs is 2. The van der Waals surface area contributed by atoms with Gasteiger partial charge in [-0.3, -0.25) is 4.98 Å². The minimum absolute atomic E-state index is 0.106. The van der Waals surface area contributed by atoms with Gasteiger partial charge in [-0.05, 0) is 127 Å². The number of aromatic nitrogens is 6. The Hall–Kier alpha value is -7.40. The molecular weight excluding hydrogens is 1710 g/mol. The number of hydrogen-bond donors (Lipinski definition) is 0. The van der Waals surface area contributed by atoms with Gasteiger partial charge < -0.3 is 0 Å². The third kappa shape index (κ3) is 27.2. The van der Waals surface area contributed by atoms with Gasteiger partial charge in [-0.15, -0.1) is 0 Å². The molecule has 16 heteroatoms. The van der Waals surface area contributed by atoms with Gasteiger partial charge in [0.25, 0.3) is 0 Å². The van der Waals surface area contributed by atoms with Gasteiger partial charge in [-0.25, -0.2) is 19.9 Å². The Morgan fingerprint density at radius 3 is 0.873 bits per heavy atom. The Morgan fingerprint density at radius 1 is 0.300 bits per heavy atom. The first-order valence-corrected chi connectivity index (χ1v) is 53.6. The molecule has 0 radical (unpaired) electrons. The minimum Gasteiger partial charge on any atom is -0.0622 e. The molecule has 6 nitrogen and oxygen atoms in total. The zero-order valence-electron chi connectivity index (χ0n) is 62.7. The van der Waals surface area contributed by atoms with Gasteiger partial charge in [0.1, 0.15) is 5.15 Å². The molecule has 15 rings (SSSR count). The number of halogens is 5. The van der Waals surface area contributed by atoms with Crippen LogP contribution in [0.2, 0.25) is 28.5 Å². The van der Waals surface area contributed by atoms with Crippen molar-refractivity contribution in [3.05, 3.63) is 385 Å². The minimum atomic E-state index is -2.25. The monoisotopic (exact) mass is 1800 g/mol. The van der Waals surface area contributed by atoms with Crippen LogP contribution in [0, 0.1) is 13.8 Å². The predicted octanol–water partition coefficient (Wildman–Crippen LogP) is 23.7. The van der Waals surface area contributed by atoms with Crippen LogP contribution in [0.25, 0.3) is 33.5 Å². The molecule has 0 N–H and O–H groups in total. The van der Waals surface area contributed by atoms with Crippen molar-refractivity contribution < 1.29 is 15.9 Å². The Morgan fingerprint density at radius 2 is 0.582 bits per heavy atom. The summed E-state index contributed by atoms with van der Waals surface area (Å²) in [4.78, 5) is 26.2. The summed E-state index contributed by atoms with van der Waals surface area (Å²) in [6.45, 7) is 11.1. The molecule has 6 heterocycles. The molecule has 0 atom stereocenters. The van der Waals surface area contributed by atoms with Crippen LogP contribution in [0.1, 0.15) is 70.7 Å². The maximum atomic E-state index is 6.24. The van der Waals surface area contributed by atoms with Crippen LogP contribution in [0.5, 0.6) is 0 Å². The molecule has 0 aliphatic heterocycles. The summed E-state index contributed by atoms with van der Waals surface area (Å²) in [5.41, 5.74) is 4.94. The average Bonchev–Trinajstić information content (AvgIpc) is 0.832. The van der Waals surface area contributed by atoms with Gasteiger partial charge in [-0.1, -0.05) is 314 Å². The topological polar surface area (TPSA) is 77.3 Å². The molecule has 0 aliphatic rings. The molecule has 9 aromatic carbocycles. The zero-order chi connectivity index (χ0) is 77.4. The van der Waals surface area contributed by atoms with Gasteiger partial charge in [0.15, 0.2) is 11.3 Å². The third-order valence-corrected chi connectivity index (χ3v) is 41.0. The molecule has 562 valence electrons. The average molecular weight is 1800 g/mol. The van der Waals surface area contributed by atoms with Crippen molar-refractivity contribution >= 4 is 170 Å². The van der Waals surface area contributed by atoms with E-state index in [1.807, 2.05) is 55.5 Å². The number of unbranched alkanes of at least 4 members (excludes halogenated alkanes) is 3. The number of benzene rings is 9. The van der Waals surface area contributed by atoms with Gasteiger partial charge in [0.05, 0.1) is 21.4 Å². The van der Waals surface area contributed by atoms with Crippen molar-refractivity contribution in [3.63, 3.8) is 0 Å². The second-order valence-corrected chi connectivity index (χ2v) is 48.9. The largest absolute Gasteiger partial charge is 0.0622 e. The summed E-state index contributed by atoms with van der Waals surface area (Å²) in [5.74, 6) is 0. The quantitative estimate of drug-likeness (QED) is 0.0430. The van der Waals surface area contributed by atoms with E-state index in [4.69, 9.17) is 58.8 Å². The molecule has 0 saturated carbocycles. The number of nitrogens with zero attached hydrogens (tertiary/aromatic N) is 6. The van der Waals surface area contributed by atoms with Crippen molar-refractivity contribution in [2.75, 3.05) is 0 Å². The van der Waals surface area contributed by atoms with E-state index in [9.17, 15) is 0 Å². The first kappa shape index (κ1) is 86.6. The number of pyridine rings is 6. The Kier molecular flexibility index (Phi) is 38.2. The standard InChI is InChI=1S/3C18H15P.C14H10ClN3.C8H4Cl2N2.C6H6N.3C4H9.2ClH.Pd.Sn/c3*1-4-10-16(11-5-1)19(17-12-6-2-7-13-17)18-14-8-3-9-15-18;1-9-4-2-6-12(17-9)13-8-11(15)10-5-3-7-16-14(10)18-13;9-6-4-7(10)12-8-5(6)2-1-3-11-8;1-6-4-2-3-5-7-6;3*1-3-4-2;;;;/h3*1-15H;2-8H,1H3;1-4H;2-4H,1H3;3*1,3-4H2,2H3;2*1H;;/q;;;;;;;;;;;+2;/p-2. The van der Waals surface area contributed by atoms with E-state index in [-0.39, 0.29) is 15.9 Å². The molecule has 0 unspecified atom stereocenters. The van der Waals surface area contributed by atoms with Crippen LogP contribution < -0.4 is 51.5 Å². The van der Waals surface area contributed by atoms with Crippen molar-refractivity contribution in [3.8, 4) is 11.4 Å². The Labute approximate surface area is 691 Å². The summed E-state index contributed by atoms with van der Waals surface area (Å²) in [5, 5.41) is 15.9. The van der Waals surface area contributed by atoms with E-state index in [2.05, 4.69) is 344 Å². The maximum Gasteiger partial charge on any atom is -0.0134 e. The fraction of sp³-hybridized carbons (Fsp3) is 0.149. The number of hydrogen-bond acceptors (Lipinski definition) is 6. The molecular formula is C94H92Cl5N6P3PdSn. The number of aryl methyl sites for hydroxylation is 2. The molecule has 15 aromatic rings. The van der Waals surface area contributed by atoms with Gasteiger partial charge in [0.2, 0.25) is 0 Å². The summed E-state index contributed by atoms with van der Waals surface area (Å²) >= 11 is 15.5. The van der Waals surface area contributed by atoms with Crippen molar-refractivity contribution in [2.24, 2.45) is 0 Å². The summed E-state index contributed by atoms with van der Waals surface area (Å²) in [7, 11) is 8.29. The normalized spacial score (nSPS) is 10.7. The maximum absolute atomic E-state index is 6.24. The van der Waals surface area contributed by atoms with Crippen LogP contribution in [-0.4, -0.2) is 48.3 Å². The number of rotatable bonds is 20. The summed E-state index contributed by atoms with van der Waals surface area (Å²) in [6, 6.07) is 120. The van der Waals surface area contributed by atoms with Crippen molar-refractivity contribution in [1.29, 1.82) is 0 Å². The smallest absolute Gasteiger partial charge is 0.0134 e.